The number of hydroxylamine groups is 1. The molecule has 5 N–H and O–H groups in total. The molecule has 0 aromatic rings. The molecule has 0 saturated carbocycles. The van der Waals surface area contributed by atoms with Crippen LogP contribution in [0, 0.1) is 5.41 Å². The van der Waals surface area contributed by atoms with E-state index in [0.717, 1.165) is 6.42 Å². The number of hydrogen-bond donors (Lipinski definition) is 3. The Morgan fingerprint density at radius 1 is 1.24 bits per heavy atom. The summed E-state index contributed by atoms with van der Waals surface area (Å²) in [5.74, 6) is -0.507. The third kappa shape index (κ3) is 17.5. The third-order valence-corrected chi connectivity index (χ3v) is 1.76. The van der Waals surface area contributed by atoms with E-state index in [1.54, 1.807) is 7.05 Å². The topological polar surface area (TPSA) is 107 Å². The number of nitrogens with one attached hydrogen (secondary N) is 1. The Bertz CT molecular complexity index is 230. The zero-order valence-corrected chi connectivity index (χ0v) is 11.2. The lowest BCUT2D eigenvalue weighted by Crippen LogP contribution is -2.29. The van der Waals surface area contributed by atoms with E-state index in [1.807, 2.05) is 20.8 Å². The maximum Gasteiger partial charge on any atom is 0.218 e. The van der Waals surface area contributed by atoms with Gasteiger partial charge in [-0.15, -0.1) is 0 Å². The molecule has 6 heteroatoms. The second-order valence-electron chi connectivity index (χ2n) is 4.52. The first-order valence-electron chi connectivity index (χ1n) is 5.60. The van der Waals surface area contributed by atoms with E-state index >= 15 is 0 Å². The van der Waals surface area contributed by atoms with E-state index in [9.17, 15) is 9.59 Å². The summed E-state index contributed by atoms with van der Waals surface area (Å²) >= 11 is 0. The Morgan fingerprint density at radius 3 is 2.00 bits per heavy atom. The third-order valence-electron chi connectivity index (χ3n) is 1.76. The van der Waals surface area contributed by atoms with Crippen molar-refractivity contribution in [2.75, 3.05) is 13.7 Å². The van der Waals surface area contributed by atoms with Crippen LogP contribution in [0.15, 0.2) is 0 Å². The highest BCUT2D eigenvalue weighted by Crippen LogP contribution is 2.19. The van der Waals surface area contributed by atoms with Gasteiger partial charge in [0.2, 0.25) is 11.8 Å². The quantitative estimate of drug-likeness (QED) is 0.563. The van der Waals surface area contributed by atoms with E-state index in [4.69, 9.17) is 16.3 Å². The molecule has 0 aliphatic rings. The molecule has 0 rings (SSSR count). The first kappa shape index (κ1) is 18.2. The van der Waals surface area contributed by atoms with Crippen LogP contribution in [0.1, 0.15) is 40.0 Å². The van der Waals surface area contributed by atoms with E-state index in [0.29, 0.717) is 19.4 Å². The maximum atomic E-state index is 10.5. The Morgan fingerprint density at radius 2 is 1.76 bits per heavy atom. The summed E-state index contributed by atoms with van der Waals surface area (Å²) in [5, 5.41) is 0. The standard InChI is InChI=1S/C7H16N2O2.C4H9NO/c1-7(2,4-6(8)10)5-11-9-3;1-2-3-4(5)6/h9H,4-5H2,1-3H3,(H2,8,10);2-3H2,1H3,(H2,5,6). The number of rotatable bonds is 7. The van der Waals surface area contributed by atoms with Crippen LogP contribution >= 0.6 is 0 Å². The lowest BCUT2D eigenvalue weighted by molar-refractivity contribution is -0.121. The number of amides is 2. The SMILES string of the molecule is CCCC(N)=O.CNOCC(C)(C)CC(N)=O. The largest absolute Gasteiger partial charge is 0.370 e. The van der Waals surface area contributed by atoms with Crippen LogP contribution in [-0.4, -0.2) is 25.5 Å². The van der Waals surface area contributed by atoms with Crippen molar-refractivity contribution in [3.05, 3.63) is 0 Å². The molecular formula is C11H25N3O3. The van der Waals surface area contributed by atoms with Gasteiger partial charge in [0.05, 0.1) is 6.61 Å². The van der Waals surface area contributed by atoms with Gasteiger partial charge in [0.1, 0.15) is 0 Å². The fourth-order valence-electron chi connectivity index (χ4n) is 1.04. The van der Waals surface area contributed by atoms with Crippen molar-refractivity contribution in [3.8, 4) is 0 Å². The van der Waals surface area contributed by atoms with Gasteiger partial charge >= 0.3 is 0 Å². The predicted molar refractivity (Wildman–Crippen MR) is 66.7 cm³/mol. The van der Waals surface area contributed by atoms with Gasteiger partial charge in [-0.25, -0.2) is 5.48 Å². The number of carbonyl (C=O) groups excluding carboxylic acids is 2. The van der Waals surface area contributed by atoms with Crippen LogP contribution in [-0.2, 0) is 14.4 Å². The molecule has 17 heavy (non-hydrogen) atoms. The minimum atomic E-state index is -0.297. The molecule has 0 aromatic carbocycles. The molecule has 102 valence electrons. The molecule has 0 atom stereocenters. The van der Waals surface area contributed by atoms with Crippen LogP contribution in [0.5, 0.6) is 0 Å². The van der Waals surface area contributed by atoms with E-state index in [1.165, 1.54) is 0 Å². The van der Waals surface area contributed by atoms with Gasteiger partial charge in [-0.05, 0) is 11.8 Å². The molecule has 0 aliphatic heterocycles. The highest BCUT2D eigenvalue weighted by Gasteiger charge is 2.20. The second-order valence-corrected chi connectivity index (χ2v) is 4.52. The average molecular weight is 247 g/mol. The van der Waals surface area contributed by atoms with Gasteiger partial charge in [0.15, 0.2) is 0 Å². The van der Waals surface area contributed by atoms with Crippen molar-refractivity contribution in [1.82, 2.24) is 5.48 Å². The summed E-state index contributed by atoms with van der Waals surface area (Å²) in [4.78, 5) is 25.3. The smallest absolute Gasteiger partial charge is 0.218 e. The molecule has 0 fully saturated rings. The van der Waals surface area contributed by atoms with Gasteiger partial charge < -0.3 is 16.3 Å². The number of nitrogens with two attached hydrogens (primary N) is 2. The summed E-state index contributed by atoms with van der Waals surface area (Å²) in [7, 11) is 1.68. The lowest BCUT2D eigenvalue weighted by atomic mass is 9.90. The molecule has 0 saturated heterocycles. The molecule has 0 heterocycles. The first-order chi connectivity index (χ1) is 7.75. The van der Waals surface area contributed by atoms with Crippen molar-refractivity contribution in [2.24, 2.45) is 16.9 Å². The monoisotopic (exact) mass is 247 g/mol. The number of carbonyl (C=O) groups is 2. The average Bonchev–Trinajstić information content (AvgIpc) is 2.13. The molecule has 0 aliphatic carbocycles. The molecule has 0 bridgehead atoms. The van der Waals surface area contributed by atoms with Crippen molar-refractivity contribution in [3.63, 3.8) is 0 Å². The zero-order valence-electron chi connectivity index (χ0n) is 11.2. The fourth-order valence-corrected chi connectivity index (χ4v) is 1.04. The van der Waals surface area contributed by atoms with Crippen molar-refractivity contribution >= 4 is 11.8 Å². The predicted octanol–water partition coefficient (Wildman–Crippen LogP) is 0.311. The van der Waals surface area contributed by atoms with Gasteiger partial charge in [0.25, 0.3) is 0 Å². The maximum absolute atomic E-state index is 10.5. The Balaban J connectivity index is 0. The van der Waals surface area contributed by atoms with Crippen molar-refractivity contribution in [2.45, 2.75) is 40.0 Å². The first-order valence-corrected chi connectivity index (χ1v) is 5.60. The minimum absolute atomic E-state index is 0.186. The second kappa shape index (κ2) is 10.0. The fraction of sp³-hybridized carbons (Fsp3) is 0.818. The molecule has 0 spiro atoms. The highest BCUT2D eigenvalue weighted by atomic mass is 16.6. The van der Waals surface area contributed by atoms with E-state index in [2.05, 4.69) is 5.48 Å². The summed E-state index contributed by atoms with van der Waals surface area (Å²) in [5.41, 5.74) is 12.2. The van der Waals surface area contributed by atoms with E-state index in [-0.39, 0.29) is 17.2 Å². The Kier molecular flexibility index (Phi) is 10.8. The lowest BCUT2D eigenvalue weighted by Gasteiger charge is -2.21. The van der Waals surface area contributed by atoms with Crippen LogP contribution in [0.2, 0.25) is 0 Å². The molecule has 0 radical (unpaired) electrons. The van der Waals surface area contributed by atoms with E-state index < -0.39 is 0 Å². The summed E-state index contributed by atoms with van der Waals surface area (Å²) in [6.45, 7) is 6.25. The summed E-state index contributed by atoms with van der Waals surface area (Å²) in [6, 6.07) is 0. The molecule has 0 aromatic heterocycles. The van der Waals surface area contributed by atoms with Gasteiger partial charge in [-0.1, -0.05) is 20.8 Å². The van der Waals surface area contributed by atoms with Crippen LogP contribution in [0.3, 0.4) is 0 Å². The Hall–Kier alpha value is -1.14. The van der Waals surface area contributed by atoms with Crippen LogP contribution in [0.4, 0.5) is 0 Å². The molecule has 2 amide bonds. The van der Waals surface area contributed by atoms with Gasteiger partial charge in [0, 0.05) is 19.9 Å². The normalized spacial score (nSPS) is 10.4. The van der Waals surface area contributed by atoms with Crippen molar-refractivity contribution in [1.29, 1.82) is 0 Å². The zero-order chi connectivity index (χ0) is 13.9. The number of hydrogen-bond acceptors (Lipinski definition) is 4. The van der Waals surface area contributed by atoms with Gasteiger partial charge in [-0.2, -0.15) is 0 Å². The molecular weight excluding hydrogens is 222 g/mol. The Labute approximate surface area is 103 Å². The molecule has 0 unspecified atom stereocenters. The molecule has 6 nitrogen and oxygen atoms in total. The highest BCUT2D eigenvalue weighted by molar-refractivity contribution is 5.74. The van der Waals surface area contributed by atoms with Gasteiger partial charge in [-0.3, -0.25) is 9.59 Å². The summed E-state index contributed by atoms with van der Waals surface area (Å²) < 4.78 is 0. The van der Waals surface area contributed by atoms with Crippen LogP contribution < -0.4 is 16.9 Å². The summed E-state index contributed by atoms with van der Waals surface area (Å²) in [6.07, 6.45) is 1.71. The minimum Gasteiger partial charge on any atom is -0.370 e. The number of primary amides is 2. The van der Waals surface area contributed by atoms with Crippen LogP contribution in [0.25, 0.3) is 0 Å². The van der Waals surface area contributed by atoms with Crippen molar-refractivity contribution < 1.29 is 14.4 Å².